The Kier molecular flexibility index (Phi) is 2.01. The summed E-state index contributed by atoms with van der Waals surface area (Å²) >= 11 is 8.59. The summed E-state index contributed by atoms with van der Waals surface area (Å²) in [7, 11) is 0. The zero-order chi connectivity index (χ0) is 8.06. The molecule has 1 atom stereocenters. The lowest BCUT2D eigenvalue weighted by Gasteiger charge is -2.51. The lowest BCUT2D eigenvalue weighted by molar-refractivity contribution is -0.141. The van der Waals surface area contributed by atoms with Crippen molar-refractivity contribution in [2.24, 2.45) is 0 Å². The van der Waals surface area contributed by atoms with Crippen molar-refractivity contribution in [1.82, 2.24) is 4.90 Å². The first kappa shape index (κ1) is 8.38. The first-order valence-corrected chi connectivity index (χ1v) is 6.08. The summed E-state index contributed by atoms with van der Waals surface area (Å²) in [5.74, 6) is 1.34. The predicted octanol–water partition coefficient (Wildman–Crippen LogP) is 1.78. The molecule has 2 rings (SSSR count). The molecule has 2 saturated heterocycles. The minimum Gasteiger partial charge on any atom is -0.326 e. The predicted molar refractivity (Wildman–Crippen MR) is 53.2 cm³/mol. The maximum absolute atomic E-state index is 11.3. The van der Waals surface area contributed by atoms with Gasteiger partial charge in [-0.2, -0.15) is 0 Å². The molecule has 2 nitrogen and oxygen atoms in total. The van der Waals surface area contributed by atoms with Crippen molar-refractivity contribution in [3.8, 4) is 0 Å². The van der Waals surface area contributed by atoms with Crippen LogP contribution in [0.15, 0.2) is 0 Å². The molecule has 1 amide bonds. The van der Waals surface area contributed by atoms with Gasteiger partial charge in [-0.05, 0) is 12.2 Å². The van der Waals surface area contributed by atoms with Crippen LogP contribution in [0, 0.1) is 0 Å². The van der Waals surface area contributed by atoms with Gasteiger partial charge in [0.2, 0.25) is 0 Å². The maximum Gasteiger partial charge on any atom is 0.254 e. The van der Waals surface area contributed by atoms with E-state index in [4.69, 9.17) is 0 Å². The van der Waals surface area contributed by atoms with Gasteiger partial charge in [-0.25, -0.2) is 0 Å². The van der Waals surface area contributed by atoms with Crippen LogP contribution in [0.25, 0.3) is 0 Å². The Labute approximate surface area is 86.3 Å². The smallest absolute Gasteiger partial charge is 0.254 e. The van der Waals surface area contributed by atoms with Gasteiger partial charge in [-0.3, -0.25) is 4.79 Å². The van der Waals surface area contributed by atoms with E-state index in [1.807, 2.05) is 16.7 Å². The number of rotatable bonds is 0. The minimum atomic E-state index is -0.453. The van der Waals surface area contributed by atoms with E-state index in [0.717, 1.165) is 18.7 Å². The SMILES string of the molecule is O=C1N2CCCS[C@@H]2C1(Br)Br. The Morgan fingerprint density at radius 2 is 2.36 bits per heavy atom. The second-order valence-corrected chi connectivity index (χ2v) is 7.45. The molecule has 2 aliphatic rings. The van der Waals surface area contributed by atoms with Gasteiger partial charge in [0.1, 0.15) is 5.37 Å². The van der Waals surface area contributed by atoms with E-state index in [0.29, 0.717) is 5.37 Å². The topological polar surface area (TPSA) is 20.3 Å². The van der Waals surface area contributed by atoms with Crippen LogP contribution in [0.1, 0.15) is 6.42 Å². The molecule has 0 N–H and O–H groups in total. The van der Waals surface area contributed by atoms with E-state index in [-0.39, 0.29) is 5.91 Å². The number of β-lactam (4-membered cyclic amide) rings is 1. The van der Waals surface area contributed by atoms with Gasteiger partial charge in [0.25, 0.3) is 5.91 Å². The average Bonchev–Trinajstić information content (AvgIpc) is 2.04. The monoisotopic (exact) mass is 299 g/mol. The number of amides is 1. The third-order valence-corrected chi connectivity index (χ3v) is 5.56. The van der Waals surface area contributed by atoms with Gasteiger partial charge in [0, 0.05) is 6.54 Å². The van der Waals surface area contributed by atoms with Crippen LogP contribution in [0.4, 0.5) is 0 Å². The van der Waals surface area contributed by atoms with Crippen molar-refractivity contribution >= 4 is 49.5 Å². The number of carbonyl (C=O) groups excluding carboxylic acids is 1. The molecule has 0 bridgehead atoms. The van der Waals surface area contributed by atoms with Crippen molar-refractivity contribution < 1.29 is 4.79 Å². The molecule has 0 spiro atoms. The van der Waals surface area contributed by atoms with Gasteiger partial charge in [-0.1, -0.05) is 31.9 Å². The molecule has 0 aromatic rings. The Morgan fingerprint density at radius 1 is 1.64 bits per heavy atom. The summed E-state index contributed by atoms with van der Waals surface area (Å²) in [6.07, 6.45) is 1.13. The number of alkyl halides is 2. The fourth-order valence-corrected chi connectivity index (χ4v) is 4.33. The highest BCUT2D eigenvalue weighted by atomic mass is 79.9. The van der Waals surface area contributed by atoms with Crippen LogP contribution in [-0.2, 0) is 4.79 Å². The van der Waals surface area contributed by atoms with Crippen LogP contribution >= 0.6 is 43.6 Å². The lowest BCUT2D eigenvalue weighted by atomic mass is 10.2. The second-order valence-electron chi connectivity index (χ2n) is 2.70. The van der Waals surface area contributed by atoms with E-state index in [1.165, 1.54) is 0 Å². The van der Waals surface area contributed by atoms with Crippen molar-refractivity contribution in [2.45, 2.75) is 15.0 Å². The fourth-order valence-electron chi connectivity index (χ4n) is 1.38. The third-order valence-electron chi connectivity index (χ3n) is 1.96. The number of halogens is 2. The molecule has 0 unspecified atom stereocenters. The zero-order valence-corrected chi connectivity index (χ0v) is 9.71. The first-order chi connectivity index (χ1) is 5.14. The van der Waals surface area contributed by atoms with Crippen molar-refractivity contribution in [3.05, 3.63) is 0 Å². The summed E-state index contributed by atoms with van der Waals surface area (Å²) in [5.41, 5.74) is 0. The van der Waals surface area contributed by atoms with Crippen LogP contribution in [-0.4, -0.2) is 31.7 Å². The number of fused-ring (bicyclic) bond motifs is 1. The number of thioether (sulfide) groups is 1. The molecule has 2 aliphatic heterocycles. The van der Waals surface area contributed by atoms with Gasteiger partial charge in [0.15, 0.2) is 3.23 Å². The van der Waals surface area contributed by atoms with Crippen molar-refractivity contribution in [2.75, 3.05) is 12.3 Å². The van der Waals surface area contributed by atoms with E-state index >= 15 is 0 Å². The van der Waals surface area contributed by atoms with E-state index in [2.05, 4.69) is 31.9 Å². The summed E-state index contributed by atoms with van der Waals surface area (Å²) in [6.45, 7) is 0.926. The maximum atomic E-state index is 11.3. The molecule has 5 heteroatoms. The van der Waals surface area contributed by atoms with Gasteiger partial charge >= 0.3 is 0 Å². The number of carbonyl (C=O) groups is 1. The van der Waals surface area contributed by atoms with Crippen LogP contribution in [0.5, 0.6) is 0 Å². The third kappa shape index (κ3) is 1.08. The molecule has 0 saturated carbocycles. The second kappa shape index (κ2) is 2.64. The highest BCUT2D eigenvalue weighted by Crippen LogP contribution is 2.50. The molecule has 0 aromatic carbocycles. The summed E-state index contributed by atoms with van der Waals surface area (Å²) in [6, 6.07) is 0. The quantitative estimate of drug-likeness (QED) is 0.502. The van der Waals surface area contributed by atoms with E-state index in [9.17, 15) is 4.79 Å². The number of hydrogen-bond donors (Lipinski definition) is 0. The molecule has 0 radical (unpaired) electrons. The van der Waals surface area contributed by atoms with Crippen LogP contribution < -0.4 is 0 Å². The number of nitrogens with zero attached hydrogens (tertiary/aromatic N) is 1. The van der Waals surface area contributed by atoms with Gasteiger partial charge < -0.3 is 4.90 Å². The van der Waals surface area contributed by atoms with Crippen molar-refractivity contribution in [3.63, 3.8) is 0 Å². The molecular formula is C6H7Br2NOS. The van der Waals surface area contributed by atoms with Crippen molar-refractivity contribution in [1.29, 1.82) is 0 Å². The highest BCUT2D eigenvalue weighted by molar-refractivity contribution is 9.26. The molecule has 11 heavy (non-hydrogen) atoms. The molecule has 0 aromatic heterocycles. The molecule has 0 aliphatic carbocycles. The van der Waals surface area contributed by atoms with Gasteiger partial charge in [-0.15, -0.1) is 11.8 Å². The Balaban J connectivity index is 2.15. The standard InChI is InChI=1S/C6H7Br2NOS/c7-6(8)4(10)9-2-1-3-11-5(6)9/h5H,1-3H2/t5-/m1/s1. The Morgan fingerprint density at radius 3 is 3.00 bits per heavy atom. The number of hydrogen-bond acceptors (Lipinski definition) is 2. The van der Waals surface area contributed by atoms with Crippen LogP contribution in [0.3, 0.4) is 0 Å². The van der Waals surface area contributed by atoms with E-state index in [1.54, 1.807) is 0 Å². The normalized spacial score (nSPS) is 34.5. The summed E-state index contributed by atoms with van der Waals surface area (Å²) < 4.78 is -0.453. The molecule has 2 fully saturated rings. The first-order valence-electron chi connectivity index (χ1n) is 3.44. The lowest BCUT2D eigenvalue weighted by Crippen LogP contribution is -2.67. The summed E-state index contributed by atoms with van der Waals surface area (Å²) in [4.78, 5) is 13.3. The van der Waals surface area contributed by atoms with E-state index < -0.39 is 3.23 Å². The average molecular weight is 301 g/mol. The minimum absolute atomic E-state index is 0.176. The highest BCUT2D eigenvalue weighted by Gasteiger charge is 2.58. The largest absolute Gasteiger partial charge is 0.326 e. The molecule has 62 valence electrons. The summed E-state index contributed by atoms with van der Waals surface area (Å²) in [5, 5.41) is 0.309. The Hall–Kier alpha value is 0.780. The molecule has 2 heterocycles. The van der Waals surface area contributed by atoms with Crippen LogP contribution in [0.2, 0.25) is 0 Å². The van der Waals surface area contributed by atoms with Gasteiger partial charge in [0.05, 0.1) is 0 Å². The zero-order valence-electron chi connectivity index (χ0n) is 5.72. The Bertz CT molecular complexity index is 209. The molecular weight excluding hydrogens is 294 g/mol. The fraction of sp³-hybridized carbons (Fsp3) is 0.833.